The van der Waals surface area contributed by atoms with E-state index in [1.807, 2.05) is 18.5 Å². The zero-order chi connectivity index (χ0) is 12.4. The predicted molar refractivity (Wildman–Crippen MR) is 73.2 cm³/mol. The van der Waals surface area contributed by atoms with E-state index in [1.165, 1.54) is 37.8 Å². The number of fused-ring (bicyclic) bond motifs is 2. The van der Waals surface area contributed by atoms with Crippen LogP contribution in [0.1, 0.15) is 31.2 Å². The van der Waals surface area contributed by atoms with Crippen LogP contribution in [0.3, 0.4) is 0 Å². The van der Waals surface area contributed by atoms with Gasteiger partial charge in [0.05, 0.1) is 0 Å². The largest absolute Gasteiger partial charge is 0.319 e. The van der Waals surface area contributed by atoms with Crippen LogP contribution in [0.5, 0.6) is 0 Å². The Hall–Kier alpha value is -0.930. The van der Waals surface area contributed by atoms with Crippen LogP contribution >= 0.6 is 0 Å². The summed E-state index contributed by atoms with van der Waals surface area (Å²) < 4.78 is 0. The third kappa shape index (κ3) is 2.43. The molecule has 0 saturated carbocycles. The molecule has 3 rings (SSSR count). The van der Waals surface area contributed by atoms with Crippen LogP contribution in [-0.4, -0.2) is 35.6 Å². The number of pyridine rings is 1. The summed E-state index contributed by atoms with van der Waals surface area (Å²) in [7, 11) is 2.07. The third-order valence-electron chi connectivity index (χ3n) is 4.56. The molecule has 3 nitrogen and oxygen atoms in total. The standard InChI is InChI=1S/C15H23N3/c1-16-9-13-7-14-4-5-15(8-13)18(14)11-12-3-2-6-17-10-12/h2-3,6,10,13-16H,4-5,7-9,11H2,1H3. The minimum Gasteiger partial charge on any atom is -0.319 e. The Bertz CT molecular complexity index is 365. The van der Waals surface area contributed by atoms with E-state index >= 15 is 0 Å². The highest BCUT2D eigenvalue weighted by Gasteiger charge is 2.40. The lowest BCUT2D eigenvalue weighted by atomic mass is 9.90. The lowest BCUT2D eigenvalue weighted by Gasteiger charge is -2.39. The van der Waals surface area contributed by atoms with E-state index < -0.39 is 0 Å². The van der Waals surface area contributed by atoms with Gasteiger partial charge in [0.2, 0.25) is 0 Å². The zero-order valence-corrected chi connectivity index (χ0v) is 11.2. The Morgan fingerprint density at radius 3 is 2.72 bits per heavy atom. The summed E-state index contributed by atoms with van der Waals surface area (Å²) >= 11 is 0. The van der Waals surface area contributed by atoms with Crippen LogP contribution in [0.15, 0.2) is 24.5 Å². The van der Waals surface area contributed by atoms with Gasteiger partial charge in [-0.15, -0.1) is 0 Å². The van der Waals surface area contributed by atoms with Gasteiger partial charge in [-0.05, 0) is 56.8 Å². The fraction of sp³-hybridized carbons (Fsp3) is 0.667. The van der Waals surface area contributed by atoms with Gasteiger partial charge in [0.15, 0.2) is 0 Å². The van der Waals surface area contributed by atoms with Gasteiger partial charge in [0, 0.05) is 31.0 Å². The topological polar surface area (TPSA) is 28.2 Å². The van der Waals surface area contributed by atoms with E-state index in [-0.39, 0.29) is 0 Å². The predicted octanol–water partition coefficient (Wildman–Crippen LogP) is 2.04. The van der Waals surface area contributed by atoms with Crippen molar-refractivity contribution in [2.75, 3.05) is 13.6 Å². The fourth-order valence-corrected chi connectivity index (χ4v) is 3.80. The molecule has 0 amide bonds. The minimum absolute atomic E-state index is 0.808. The number of nitrogens with one attached hydrogen (secondary N) is 1. The van der Waals surface area contributed by atoms with Crippen molar-refractivity contribution >= 4 is 0 Å². The summed E-state index contributed by atoms with van der Waals surface area (Å²) in [6, 6.07) is 5.86. The van der Waals surface area contributed by atoms with Crippen LogP contribution in [0.4, 0.5) is 0 Å². The summed E-state index contributed by atoms with van der Waals surface area (Å²) in [4.78, 5) is 6.95. The number of hydrogen-bond acceptors (Lipinski definition) is 3. The summed E-state index contributed by atoms with van der Waals surface area (Å²) in [6.45, 7) is 2.28. The third-order valence-corrected chi connectivity index (χ3v) is 4.56. The van der Waals surface area contributed by atoms with Gasteiger partial charge in [-0.25, -0.2) is 0 Å². The second kappa shape index (κ2) is 5.37. The van der Waals surface area contributed by atoms with Crippen LogP contribution in [0.25, 0.3) is 0 Å². The van der Waals surface area contributed by atoms with E-state index in [1.54, 1.807) is 0 Å². The van der Waals surface area contributed by atoms with E-state index in [0.29, 0.717) is 0 Å². The maximum absolute atomic E-state index is 4.23. The molecule has 1 N–H and O–H groups in total. The van der Waals surface area contributed by atoms with Crippen LogP contribution < -0.4 is 5.32 Å². The summed E-state index contributed by atoms with van der Waals surface area (Å²) in [5, 5.41) is 3.34. The number of nitrogens with zero attached hydrogens (tertiary/aromatic N) is 2. The number of aromatic nitrogens is 1. The van der Waals surface area contributed by atoms with E-state index in [9.17, 15) is 0 Å². The smallest absolute Gasteiger partial charge is 0.0312 e. The molecular weight excluding hydrogens is 222 g/mol. The average molecular weight is 245 g/mol. The molecule has 3 heteroatoms. The molecular formula is C15H23N3. The second-order valence-electron chi connectivity index (χ2n) is 5.81. The SMILES string of the molecule is CNCC1CC2CCC(C1)N2Cc1cccnc1. The van der Waals surface area contributed by atoms with Crippen molar-refractivity contribution in [1.29, 1.82) is 0 Å². The lowest BCUT2D eigenvalue weighted by Crippen LogP contribution is -2.44. The highest BCUT2D eigenvalue weighted by Crippen LogP contribution is 2.39. The van der Waals surface area contributed by atoms with Crippen LogP contribution in [0.2, 0.25) is 0 Å². The molecule has 2 atom stereocenters. The van der Waals surface area contributed by atoms with Crippen molar-refractivity contribution in [3.63, 3.8) is 0 Å². The first-order valence-electron chi connectivity index (χ1n) is 7.16. The Morgan fingerprint density at radius 2 is 2.11 bits per heavy atom. The Morgan fingerprint density at radius 1 is 1.33 bits per heavy atom. The number of rotatable bonds is 4. The molecule has 2 aliphatic heterocycles. The van der Waals surface area contributed by atoms with Crippen molar-refractivity contribution in [3.8, 4) is 0 Å². The molecule has 3 heterocycles. The van der Waals surface area contributed by atoms with Crippen molar-refractivity contribution in [3.05, 3.63) is 30.1 Å². The minimum atomic E-state index is 0.808. The van der Waals surface area contributed by atoms with Gasteiger partial charge in [-0.3, -0.25) is 9.88 Å². The van der Waals surface area contributed by atoms with Gasteiger partial charge in [0.25, 0.3) is 0 Å². The van der Waals surface area contributed by atoms with Crippen LogP contribution in [0, 0.1) is 5.92 Å². The quantitative estimate of drug-likeness (QED) is 0.880. The van der Waals surface area contributed by atoms with Gasteiger partial charge in [-0.1, -0.05) is 6.07 Å². The molecule has 2 unspecified atom stereocenters. The first-order valence-corrected chi connectivity index (χ1v) is 7.16. The molecule has 0 aliphatic carbocycles. The molecule has 1 aromatic heterocycles. The zero-order valence-electron chi connectivity index (χ0n) is 11.2. The molecule has 0 radical (unpaired) electrons. The first-order chi connectivity index (χ1) is 8.86. The average Bonchev–Trinajstić information content (AvgIpc) is 2.63. The van der Waals surface area contributed by atoms with Crippen molar-refractivity contribution in [2.45, 2.75) is 44.3 Å². The Balaban J connectivity index is 1.65. The first kappa shape index (κ1) is 12.1. The Labute approximate surface area is 110 Å². The molecule has 0 aromatic carbocycles. The monoisotopic (exact) mass is 245 g/mol. The molecule has 2 fully saturated rings. The summed E-state index contributed by atoms with van der Waals surface area (Å²) in [5.41, 5.74) is 1.36. The molecule has 18 heavy (non-hydrogen) atoms. The molecule has 2 bridgehead atoms. The highest BCUT2D eigenvalue weighted by molar-refractivity contribution is 5.10. The lowest BCUT2D eigenvalue weighted by molar-refractivity contribution is 0.0963. The van der Waals surface area contributed by atoms with E-state index in [4.69, 9.17) is 0 Å². The van der Waals surface area contributed by atoms with Gasteiger partial charge in [-0.2, -0.15) is 0 Å². The Kier molecular flexibility index (Phi) is 3.62. The number of hydrogen-bond donors (Lipinski definition) is 1. The molecule has 98 valence electrons. The van der Waals surface area contributed by atoms with Crippen molar-refractivity contribution in [1.82, 2.24) is 15.2 Å². The highest BCUT2D eigenvalue weighted by atomic mass is 15.2. The van der Waals surface area contributed by atoms with Crippen molar-refractivity contribution in [2.24, 2.45) is 5.92 Å². The molecule has 0 spiro atoms. The van der Waals surface area contributed by atoms with Gasteiger partial charge in [0.1, 0.15) is 0 Å². The summed E-state index contributed by atoms with van der Waals surface area (Å²) in [5.74, 6) is 0.887. The summed E-state index contributed by atoms with van der Waals surface area (Å²) in [6.07, 6.45) is 9.40. The fourth-order valence-electron chi connectivity index (χ4n) is 3.80. The maximum atomic E-state index is 4.23. The van der Waals surface area contributed by atoms with Gasteiger partial charge >= 0.3 is 0 Å². The maximum Gasteiger partial charge on any atom is 0.0312 e. The van der Waals surface area contributed by atoms with Gasteiger partial charge < -0.3 is 5.32 Å². The van der Waals surface area contributed by atoms with Crippen molar-refractivity contribution < 1.29 is 0 Å². The van der Waals surface area contributed by atoms with Crippen LogP contribution in [-0.2, 0) is 6.54 Å². The molecule has 2 aliphatic rings. The molecule has 1 aromatic rings. The van der Waals surface area contributed by atoms with E-state index in [0.717, 1.165) is 24.5 Å². The number of piperidine rings is 1. The molecule has 2 saturated heterocycles. The van der Waals surface area contributed by atoms with E-state index in [2.05, 4.69) is 28.3 Å². The normalized spacial score (nSPS) is 31.7. The second-order valence-corrected chi connectivity index (χ2v) is 5.81.